The smallest absolute Gasteiger partial charge is 0.0181 e. The summed E-state index contributed by atoms with van der Waals surface area (Å²) in [5.41, 5.74) is 9.31. The Balaban J connectivity index is 2.10. The molecule has 0 heterocycles. The van der Waals surface area contributed by atoms with Crippen molar-refractivity contribution in [3.63, 3.8) is 0 Å². The van der Waals surface area contributed by atoms with E-state index in [1.165, 1.54) is 44.9 Å². The summed E-state index contributed by atoms with van der Waals surface area (Å²) in [4.78, 5) is 0. The van der Waals surface area contributed by atoms with Crippen molar-refractivity contribution in [2.24, 2.45) is 0 Å². The normalized spacial score (nSPS) is 15.4. The van der Waals surface area contributed by atoms with E-state index in [-0.39, 0.29) is 0 Å². The van der Waals surface area contributed by atoms with Gasteiger partial charge in [0.1, 0.15) is 0 Å². The Bertz CT molecular complexity index is 563. The molecule has 0 spiro atoms. The van der Waals surface area contributed by atoms with E-state index in [0.717, 1.165) is 0 Å². The SMILES string of the molecule is Brc1cc2c3c(c1)CCc1cc(I)cc(c1-3)CC2. The topological polar surface area (TPSA) is 0 Å². The molecule has 4 rings (SSSR count). The molecule has 0 N–H and O–H groups in total. The van der Waals surface area contributed by atoms with Crippen LogP contribution in [0.3, 0.4) is 0 Å². The van der Waals surface area contributed by atoms with Crippen LogP contribution in [0.5, 0.6) is 0 Å². The van der Waals surface area contributed by atoms with Crippen LogP contribution >= 0.6 is 38.5 Å². The highest BCUT2D eigenvalue weighted by Gasteiger charge is 2.26. The Morgan fingerprint density at radius 1 is 0.722 bits per heavy atom. The maximum Gasteiger partial charge on any atom is 0.0181 e. The van der Waals surface area contributed by atoms with Gasteiger partial charge in [-0.1, -0.05) is 15.9 Å². The summed E-state index contributed by atoms with van der Waals surface area (Å²) >= 11 is 6.11. The molecule has 0 aliphatic heterocycles. The Morgan fingerprint density at radius 2 is 1.11 bits per heavy atom. The summed E-state index contributed by atoms with van der Waals surface area (Å²) in [5.74, 6) is 0. The minimum atomic E-state index is 1.19. The van der Waals surface area contributed by atoms with Gasteiger partial charge in [0.05, 0.1) is 0 Å². The Morgan fingerprint density at radius 3 is 1.56 bits per heavy atom. The van der Waals surface area contributed by atoms with Crippen molar-refractivity contribution in [2.45, 2.75) is 25.7 Å². The van der Waals surface area contributed by atoms with Crippen LogP contribution < -0.4 is 0 Å². The summed E-state index contributed by atoms with van der Waals surface area (Å²) in [7, 11) is 0. The van der Waals surface area contributed by atoms with Gasteiger partial charge in [-0.2, -0.15) is 0 Å². The quantitative estimate of drug-likeness (QED) is 0.541. The molecule has 0 nitrogen and oxygen atoms in total. The van der Waals surface area contributed by atoms with Gasteiger partial charge < -0.3 is 0 Å². The van der Waals surface area contributed by atoms with Crippen molar-refractivity contribution >= 4 is 38.5 Å². The van der Waals surface area contributed by atoms with Crippen molar-refractivity contribution < 1.29 is 0 Å². The number of hydrogen-bond donors (Lipinski definition) is 0. The molecule has 2 aliphatic carbocycles. The maximum atomic E-state index is 3.65. The lowest BCUT2D eigenvalue weighted by Gasteiger charge is -2.29. The first kappa shape index (κ1) is 11.5. The van der Waals surface area contributed by atoms with Gasteiger partial charge in [0.15, 0.2) is 0 Å². The van der Waals surface area contributed by atoms with E-state index in [9.17, 15) is 0 Å². The lowest BCUT2D eigenvalue weighted by atomic mass is 9.76. The van der Waals surface area contributed by atoms with Crippen molar-refractivity contribution in [1.29, 1.82) is 0 Å². The van der Waals surface area contributed by atoms with Crippen LogP contribution in [0.2, 0.25) is 0 Å². The summed E-state index contributed by atoms with van der Waals surface area (Å²) in [5, 5.41) is 0. The van der Waals surface area contributed by atoms with Crippen molar-refractivity contribution in [2.75, 3.05) is 0 Å². The van der Waals surface area contributed by atoms with E-state index >= 15 is 0 Å². The first-order chi connectivity index (χ1) is 8.72. The lowest BCUT2D eigenvalue weighted by Crippen LogP contribution is -2.14. The summed E-state index contributed by atoms with van der Waals surface area (Å²) in [6, 6.07) is 9.38. The van der Waals surface area contributed by atoms with Crippen LogP contribution in [-0.2, 0) is 25.7 Å². The highest BCUT2D eigenvalue weighted by Crippen LogP contribution is 2.44. The zero-order valence-electron chi connectivity index (χ0n) is 9.89. The number of halogens is 2. The second-order valence-electron chi connectivity index (χ2n) is 5.20. The molecule has 0 amide bonds. The van der Waals surface area contributed by atoms with Crippen molar-refractivity contribution in [3.05, 3.63) is 54.6 Å². The molecule has 0 aromatic heterocycles. The standard InChI is InChI=1S/C16H12BrI/c17-13-5-9-1-3-11-7-14(18)8-12-4-2-10(6-13)15(9)16(11)12/h5-8H,1-4H2. The van der Waals surface area contributed by atoms with E-state index in [4.69, 9.17) is 0 Å². The monoisotopic (exact) mass is 410 g/mol. The molecule has 0 saturated heterocycles. The van der Waals surface area contributed by atoms with Gasteiger partial charge >= 0.3 is 0 Å². The molecule has 0 bridgehead atoms. The maximum absolute atomic E-state index is 3.65. The van der Waals surface area contributed by atoms with Crippen molar-refractivity contribution in [3.8, 4) is 11.1 Å². The van der Waals surface area contributed by atoms with Crippen LogP contribution in [-0.4, -0.2) is 0 Å². The Labute approximate surface area is 129 Å². The van der Waals surface area contributed by atoms with Crippen LogP contribution in [0, 0.1) is 3.57 Å². The van der Waals surface area contributed by atoms with Gasteiger partial charge in [-0.3, -0.25) is 0 Å². The third-order valence-corrected chi connectivity index (χ3v) is 5.19. The number of aryl methyl sites for hydroxylation is 4. The molecule has 2 heteroatoms. The molecule has 0 atom stereocenters. The molecule has 0 saturated carbocycles. The lowest BCUT2D eigenvalue weighted by molar-refractivity contribution is 0.873. The molecule has 2 aliphatic rings. The minimum absolute atomic E-state index is 1.19. The molecule has 2 aromatic carbocycles. The number of hydrogen-bond acceptors (Lipinski definition) is 0. The molecule has 0 radical (unpaired) electrons. The second-order valence-corrected chi connectivity index (χ2v) is 7.36. The Kier molecular flexibility index (Phi) is 2.60. The first-order valence-electron chi connectivity index (χ1n) is 6.35. The van der Waals surface area contributed by atoms with E-state index in [1.54, 1.807) is 22.3 Å². The minimum Gasteiger partial charge on any atom is -0.0508 e. The summed E-state index contributed by atoms with van der Waals surface area (Å²) in [6.45, 7) is 0. The van der Waals surface area contributed by atoms with E-state index in [2.05, 4.69) is 62.8 Å². The molecule has 0 fully saturated rings. The fourth-order valence-electron chi connectivity index (χ4n) is 3.42. The van der Waals surface area contributed by atoms with E-state index in [1.807, 2.05) is 0 Å². The number of benzene rings is 2. The highest BCUT2D eigenvalue weighted by atomic mass is 127. The third-order valence-electron chi connectivity index (χ3n) is 4.11. The van der Waals surface area contributed by atoms with Crippen molar-refractivity contribution in [1.82, 2.24) is 0 Å². The average Bonchev–Trinajstić information content (AvgIpc) is 2.34. The fraction of sp³-hybridized carbons (Fsp3) is 0.250. The molecule has 2 aromatic rings. The molecule has 90 valence electrons. The molecule has 18 heavy (non-hydrogen) atoms. The van der Waals surface area contributed by atoms with E-state index < -0.39 is 0 Å². The fourth-order valence-corrected chi connectivity index (χ4v) is 4.72. The van der Waals surface area contributed by atoms with Crippen LogP contribution in [0.4, 0.5) is 0 Å². The molecular formula is C16H12BrI. The highest BCUT2D eigenvalue weighted by molar-refractivity contribution is 14.1. The van der Waals surface area contributed by atoms with Crippen LogP contribution in [0.1, 0.15) is 22.3 Å². The van der Waals surface area contributed by atoms with Gasteiger partial charge in [-0.25, -0.2) is 0 Å². The number of rotatable bonds is 0. The predicted octanol–water partition coefficient (Wildman–Crippen LogP) is 4.92. The largest absolute Gasteiger partial charge is 0.0508 e. The average molecular weight is 411 g/mol. The zero-order chi connectivity index (χ0) is 12.3. The first-order valence-corrected chi connectivity index (χ1v) is 8.22. The third kappa shape index (κ3) is 1.61. The van der Waals surface area contributed by atoms with E-state index in [0.29, 0.717) is 0 Å². The van der Waals surface area contributed by atoms with Crippen LogP contribution in [0.25, 0.3) is 11.1 Å². The van der Waals surface area contributed by atoms with Gasteiger partial charge in [0.25, 0.3) is 0 Å². The van der Waals surface area contributed by atoms with Gasteiger partial charge in [0.2, 0.25) is 0 Å². The van der Waals surface area contributed by atoms with Gasteiger partial charge in [-0.05, 0) is 106 Å². The van der Waals surface area contributed by atoms with Gasteiger partial charge in [-0.15, -0.1) is 0 Å². The second kappa shape index (κ2) is 4.07. The predicted molar refractivity (Wildman–Crippen MR) is 87.1 cm³/mol. The summed E-state index contributed by atoms with van der Waals surface area (Å²) in [6.07, 6.45) is 4.77. The van der Waals surface area contributed by atoms with Gasteiger partial charge in [0, 0.05) is 8.04 Å². The Hall–Kier alpha value is -0.350. The van der Waals surface area contributed by atoms with Crippen LogP contribution in [0.15, 0.2) is 28.7 Å². The molecular weight excluding hydrogens is 399 g/mol. The zero-order valence-corrected chi connectivity index (χ0v) is 13.6. The molecule has 0 unspecified atom stereocenters. The summed E-state index contributed by atoms with van der Waals surface area (Å²) < 4.78 is 2.64.